The highest BCUT2D eigenvalue weighted by atomic mass is 16.4. The molecule has 0 saturated carbocycles. The number of carbonyl (C=O) groups is 1. The predicted octanol–water partition coefficient (Wildman–Crippen LogP) is 3.60. The second-order valence-electron chi connectivity index (χ2n) is 6.28. The molecular weight excluding hydrogens is 316 g/mol. The Bertz CT molecular complexity index is 1080. The molecule has 0 spiro atoms. The molecular formula is C20H16N2O3. The van der Waals surface area contributed by atoms with Crippen LogP contribution in [-0.2, 0) is 0 Å². The van der Waals surface area contributed by atoms with Crippen LogP contribution in [0.2, 0.25) is 0 Å². The lowest BCUT2D eigenvalue weighted by Crippen LogP contribution is -2.23. The molecule has 0 amide bonds. The van der Waals surface area contributed by atoms with Crippen molar-refractivity contribution in [2.75, 3.05) is 0 Å². The summed E-state index contributed by atoms with van der Waals surface area (Å²) in [7, 11) is 0. The number of nitrogens with zero attached hydrogens (tertiary/aromatic N) is 2. The smallest absolute Gasteiger partial charge is 0.335 e. The minimum atomic E-state index is -1.05. The third kappa shape index (κ3) is 2.54. The van der Waals surface area contributed by atoms with Crippen molar-refractivity contribution in [3.05, 3.63) is 75.8 Å². The summed E-state index contributed by atoms with van der Waals surface area (Å²) in [6.45, 7) is 1.98. The molecule has 1 aromatic heterocycles. The Morgan fingerprint density at radius 1 is 1.24 bits per heavy atom. The summed E-state index contributed by atoms with van der Waals surface area (Å²) >= 11 is 0. The van der Waals surface area contributed by atoms with Gasteiger partial charge < -0.3 is 5.11 Å². The van der Waals surface area contributed by atoms with Gasteiger partial charge in [0.05, 0.1) is 16.5 Å². The molecule has 0 fully saturated rings. The van der Waals surface area contributed by atoms with E-state index in [1.165, 1.54) is 12.1 Å². The molecule has 5 nitrogen and oxygen atoms in total. The van der Waals surface area contributed by atoms with Crippen LogP contribution >= 0.6 is 0 Å². The number of benzene rings is 2. The van der Waals surface area contributed by atoms with E-state index in [9.17, 15) is 9.59 Å². The molecule has 2 heterocycles. The number of carboxylic acid groups (broad SMARTS) is 1. The maximum atomic E-state index is 12.9. The third-order valence-corrected chi connectivity index (χ3v) is 4.53. The molecule has 1 aliphatic heterocycles. The lowest BCUT2D eigenvalue weighted by atomic mass is 10.1. The first-order valence-corrected chi connectivity index (χ1v) is 8.10. The Balaban J connectivity index is 1.94. The van der Waals surface area contributed by atoms with Crippen LogP contribution in [0, 0.1) is 0 Å². The Morgan fingerprint density at radius 2 is 2.00 bits per heavy atom. The standard InChI is InChI=1S/C20H16N2O3/c1-12-9-15(10-13-5-3-2-4-6-13)18-21-17-8-7-14(20(24)25)11-16(17)19(23)22(12)18/h2-8,10-12H,9H2,1H3,(H,24,25)/b15-10+. The highest BCUT2D eigenvalue weighted by Gasteiger charge is 2.26. The number of hydrogen-bond donors (Lipinski definition) is 1. The normalized spacial score (nSPS) is 17.8. The quantitative estimate of drug-likeness (QED) is 0.778. The van der Waals surface area contributed by atoms with Crippen molar-refractivity contribution in [2.45, 2.75) is 19.4 Å². The van der Waals surface area contributed by atoms with Gasteiger partial charge in [-0.25, -0.2) is 9.78 Å². The zero-order valence-electron chi connectivity index (χ0n) is 13.6. The molecule has 2 aromatic carbocycles. The summed E-state index contributed by atoms with van der Waals surface area (Å²) in [6.07, 6.45) is 2.78. The second kappa shape index (κ2) is 5.70. The molecule has 3 aromatic rings. The van der Waals surface area contributed by atoms with E-state index in [1.54, 1.807) is 10.6 Å². The van der Waals surface area contributed by atoms with E-state index in [2.05, 4.69) is 11.1 Å². The molecule has 0 radical (unpaired) electrons. The molecule has 124 valence electrons. The SMILES string of the molecule is CC1C/C(=C\c2ccccc2)c2nc3ccc(C(=O)O)cc3c(=O)n21. The van der Waals surface area contributed by atoms with E-state index < -0.39 is 5.97 Å². The highest BCUT2D eigenvalue weighted by Crippen LogP contribution is 2.34. The van der Waals surface area contributed by atoms with Crippen molar-refractivity contribution in [3.63, 3.8) is 0 Å². The van der Waals surface area contributed by atoms with Crippen LogP contribution in [0.25, 0.3) is 22.6 Å². The second-order valence-corrected chi connectivity index (χ2v) is 6.28. The fourth-order valence-electron chi connectivity index (χ4n) is 3.34. The van der Waals surface area contributed by atoms with Gasteiger partial charge in [-0.1, -0.05) is 30.3 Å². The van der Waals surface area contributed by atoms with Crippen molar-refractivity contribution >= 4 is 28.5 Å². The monoisotopic (exact) mass is 332 g/mol. The Morgan fingerprint density at radius 3 is 2.72 bits per heavy atom. The van der Waals surface area contributed by atoms with Crippen LogP contribution in [0.1, 0.15) is 41.1 Å². The van der Waals surface area contributed by atoms with E-state index in [0.717, 1.165) is 17.6 Å². The third-order valence-electron chi connectivity index (χ3n) is 4.53. The molecule has 1 unspecified atom stereocenters. The molecule has 0 bridgehead atoms. The Kier molecular flexibility index (Phi) is 3.50. The number of aromatic carboxylic acids is 1. The summed E-state index contributed by atoms with van der Waals surface area (Å²) in [5.74, 6) is -0.388. The molecule has 25 heavy (non-hydrogen) atoms. The maximum absolute atomic E-state index is 12.9. The van der Waals surface area contributed by atoms with E-state index in [0.29, 0.717) is 16.7 Å². The number of allylic oxidation sites excluding steroid dienone is 1. The zero-order chi connectivity index (χ0) is 17.6. The molecule has 1 atom stereocenters. The van der Waals surface area contributed by atoms with Gasteiger partial charge in [0.1, 0.15) is 5.82 Å². The maximum Gasteiger partial charge on any atom is 0.335 e. The molecule has 0 aliphatic carbocycles. The number of fused-ring (bicyclic) bond motifs is 2. The van der Waals surface area contributed by atoms with Crippen LogP contribution in [0.15, 0.2) is 53.3 Å². The number of aromatic nitrogens is 2. The number of carboxylic acids is 1. The number of rotatable bonds is 2. The summed E-state index contributed by atoms with van der Waals surface area (Å²) in [5, 5.41) is 9.49. The minimum absolute atomic E-state index is 0.0113. The van der Waals surface area contributed by atoms with E-state index in [4.69, 9.17) is 5.11 Å². The predicted molar refractivity (Wildman–Crippen MR) is 96.6 cm³/mol. The summed E-state index contributed by atoms with van der Waals surface area (Å²) in [6, 6.07) is 14.4. The lowest BCUT2D eigenvalue weighted by Gasteiger charge is -2.09. The summed E-state index contributed by atoms with van der Waals surface area (Å²) in [4.78, 5) is 28.7. The summed E-state index contributed by atoms with van der Waals surface area (Å²) < 4.78 is 1.67. The van der Waals surface area contributed by atoms with Gasteiger partial charge in [-0.15, -0.1) is 0 Å². The van der Waals surface area contributed by atoms with Crippen molar-refractivity contribution in [2.24, 2.45) is 0 Å². The highest BCUT2D eigenvalue weighted by molar-refractivity contribution is 5.93. The first-order valence-electron chi connectivity index (χ1n) is 8.10. The first kappa shape index (κ1) is 15.3. The lowest BCUT2D eigenvalue weighted by molar-refractivity contribution is 0.0697. The zero-order valence-corrected chi connectivity index (χ0v) is 13.6. The average Bonchev–Trinajstić information content (AvgIpc) is 2.91. The van der Waals surface area contributed by atoms with E-state index in [1.807, 2.05) is 37.3 Å². The topological polar surface area (TPSA) is 72.2 Å². The number of hydrogen-bond acceptors (Lipinski definition) is 3. The van der Waals surface area contributed by atoms with Crippen LogP contribution in [-0.4, -0.2) is 20.6 Å². The molecule has 5 heteroatoms. The van der Waals surface area contributed by atoms with Crippen molar-refractivity contribution in [1.82, 2.24) is 9.55 Å². The minimum Gasteiger partial charge on any atom is -0.478 e. The van der Waals surface area contributed by atoms with Crippen LogP contribution < -0.4 is 5.56 Å². The van der Waals surface area contributed by atoms with Crippen LogP contribution in [0.4, 0.5) is 0 Å². The molecule has 0 saturated heterocycles. The van der Waals surface area contributed by atoms with Gasteiger partial charge in [0.15, 0.2) is 0 Å². The average molecular weight is 332 g/mol. The van der Waals surface area contributed by atoms with Crippen LogP contribution in [0.3, 0.4) is 0 Å². The van der Waals surface area contributed by atoms with E-state index in [-0.39, 0.29) is 17.2 Å². The molecule has 4 rings (SSSR count). The fraction of sp³-hybridized carbons (Fsp3) is 0.150. The van der Waals surface area contributed by atoms with E-state index >= 15 is 0 Å². The first-order chi connectivity index (χ1) is 12.0. The fourth-order valence-corrected chi connectivity index (χ4v) is 3.34. The Labute approximate surface area is 143 Å². The largest absolute Gasteiger partial charge is 0.478 e. The summed E-state index contributed by atoms with van der Waals surface area (Å²) in [5.41, 5.74) is 2.51. The van der Waals surface area contributed by atoms with Gasteiger partial charge >= 0.3 is 5.97 Å². The van der Waals surface area contributed by atoms with Gasteiger partial charge in [0, 0.05) is 6.04 Å². The van der Waals surface area contributed by atoms with Crippen molar-refractivity contribution in [3.8, 4) is 0 Å². The van der Waals surface area contributed by atoms with Gasteiger partial charge in [0.25, 0.3) is 5.56 Å². The van der Waals surface area contributed by atoms with Gasteiger partial charge in [-0.05, 0) is 48.8 Å². The van der Waals surface area contributed by atoms with Crippen molar-refractivity contribution in [1.29, 1.82) is 0 Å². The van der Waals surface area contributed by atoms with Gasteiger partial charge in [0.2, 0.25) is 0 Å². The van der Waals surface area contributed by atoms with Gasteiger partial charge in [-0.2, -0.15) is 0 Å². The molecule has 1 aliphatic rings. The van der Waals surface area contributed by atoms with Crippen molar-refractivity contribution < 1.29 is 9.90 Å². The van der Waals surface area contributed by atoms with Crippen LogP contribution in [0.5, 0.6) is 0 Å². The van der Waals surface area contributed by atoms with Gasteiger partial charge in [-0.3, -0.25) is 9.36 Å². The Hall–Kier alpha value is -3.21. The molecule has 1 N–H and O–H groups in total.